The molecule has 1 aromatic carbocycles. The van der Waals surface area contributed by atoms with Gasteiger partial charge in [-0.1, -0.05) is 12.1 Å². The zero-order chi connectivity index (χ0) is 12.5. The quantitative estimate of drug-likeness (QED) is 0.743. The minimum Gasteiger partial charge on any atom is -0.347 e. The van der Waals surface area contributed by atoms with Crippen LogP contribution in [0.3, 0.4) is 0 Å². The molecule has 2 aromatic rings. The van der Waals surface area contributed by atoms with Gasteiger partial charge in [-0.3, -0.25) is 0 Å². The van der Waals surface area contributed by atoms with Crippen LogP contribution < -0.4 is 0 Å². The normalized spacial score (nSPS) is 13.6. The predicted octanol–water partition coefficient (Wildman–Crippen LogP) is 4.12. The van der Waals surface area contributed by atoms with Gasteiger partial charge < -0.3 is 4.57 Å². The van der Waals surface area contributed by atoms with Crippen LogP contribution in [0.25, 0.3) is 0 Å². The molecule has 0 fully saturated rings. The number of hydrogen-bond donors (Lipinski definition) is 0. The number of hydrogen-bond acceptors (Lipinski definition) is 0. The van der Waals surface area contributed by atoms with E-state index in [1.54, 1.807) is 0 Å². The van der Waals surface area contributed by atoms with Crippen molar-refractivity contribution in [3.63, 3.8) is 0 Å². The lowest BCUT2D eigenvalue weighted by atomic mass is 10.1. The Kier molecular flexibility index (Phi) is 2.96. The first-order valence-electron chi connectivity index (χ1n) is 5.28. The largest absolute Gasteiger partial charge is 0.416 e. The van der Waals surface area contributed by atoms with Gasteiger partial charge in [-0.15, -0.1) is 0 Å². The van der Waals surface area contributed by atoms with Crippen LogP contribution in [0, 0.1) is 0 Å². The summed E-state index contributed by atoms with van der Waals surface area (Å²) in [6.07, 6.45) is -0.486. The fourth-order valence-electron chi connectivity index (χ4n) is 1.73. The fraction of sp³-hybridized carbons (Fsp3) is 0.231. The molecule has 0 N–H and O–H groups in total. The van der Waals surface area contributed by atoms with E-state index in [1.807, 2.05) is 36.0 Å². The summed E-state index contributed by atoms with van der Waals surface area (Å²) in [7, 11) is 0. The molecule has 2 rings (SSSR count). The van der Waals surface area contributed by atoms with Crippen LogP contribution in [0.4, 0.5) is 13.2 Å². The lowest BCUT2D eigenvalue weighted by molar-refractivity contribution is -0.137. The molecule has 1 aromatic heterocycles. The van der Waals surface area contributed by atoms with Gasteiger partial charge in [-0.05, 0) is 36.8 Å². The Morgan fingerprint density at radius 1 is 1.00 bits per heavy atom. The van der Waals surface area contributed by atoms with Crippen LogP contribution in [-0.4, -0.2) is 4.57 Å². The van der Waals surface area contributed by atoms with Crippen LogP contribution in [-0.2, 0) is 6.18 Å². The highest BCUT2D eigenvalue weighted by molar-refractivity contribution is 5.27. The average molecular weight is 239 g/mol. The Balaban J connectivity index is 2.24. The van der Waals surface area contributed by atoms with E-state index < -0.39 is 11.7 Å². The van der Waals surface area contributed by atoms with E-state index >= 15 is 0 Å². The van der Waals surface area contributed by atoms with Crippen molar-refractivity contribution in [1.29, 1.82) is 0 Å². The third-order valence-electron chi connectivity index (χ3n) is 2.80. The average Bonchev–Trinajstić information content (AvgIpc) is 2.80. The molecule has 0 radical (unpaired) electrons. The second-order valence-electron chi connectivity index (χ2n) is 3.93. The number of halogens is 3. The standard InChI is InChI=1S/C13H12F3N/c1-10(17-8-2-3-9-17)11-4-6-12(7-5-11)13(14,15)16/h2-10H,1H3/t10-/m1/s1. The molecule has 0 spiro atoms. The molecule has 1 heterocycles. The first-order chi connectivity index (χ1) is 7.98. The first kappa shape index (κ1) is 11.8. The Morgan fingerprint density at radius 3 is 2.00 bits per heavy atom. The summed E-state index contributed by atoms with van der Waals surface area (Å²) in [5.74, 6) is 0. The van der Waals surface area contributed by atoms with E-state index in [2.05, 4.69) is 0 Å². The number of aromatic nitrogens is 1. The maximum absolute atomic E-state index is 12.4. The summed E-state index contributed by atoms with van der Waals surface area (Å²) in [5.41, 5.74) is 0.246. The van der Waals surface area contributed by atoms with Crippen molar-refractivity contribution >= 4 is 0 Å². The van der Waals surface area contributed by atoms with E-state index in [9.17, 15) is 13.2 Å². The van der Waals surface area contributed by atoms with Crippen molar-refractivity contribution in [2.75, 3.05) is 0 Å². The van der Waals surface area contributed by atoms with Gasteiger partial charge in [0.05, 0.1) is 11.6 Å². The van der Waals surface area contributed by atoms with Gasteiger partial charge in [0.15, 0.2) is 0 Å². The zero-order valence-corrected chi connectivity index (χ0v) is 9.28. The minimum absolute atomic E-state index is 0.0345. The molecule has 4 heteroatoms. The SMILES string of the molecule is C[C@H](c1ccc(C(F)(F)F)cc1)n1cccc1. The van der Waals surface area contributed by atoms with E-state index in [0.29, 0.717) is 0 Å². The molecule has 0 saturated heterocycles. The highest BCUT2D eigenvalue weighted by Crippen LogP contribution is 2.30. The Bertz CT molecular complexity index is 468. The van der Waals surface area contributed by atoms with Gasteiger partial charge >= 0.3 is 6.18 Å². The highest BCUT2D eigenvalue weighted by atomic mass is 19.4. The van der Waals surface area contributed by atoms with E-state index in [0.717, 1.165) is 17.7 Å². The highest BCUT2D eigenvalue weighted by Gasteiger charge is 2.30. The molecular formula is C13H12F3N. The monoisotopic (exact) mass is 239 g/mol. The summed E-state index contributed by atoms with van der Waals surface area (Å²) in [6.45, 7) is 1.95. The molecule has 0 bridgehead atoms. The van der Waals surface area contributed by atoms with E-state index in [-0.39, 0.29) is 6.04 Å². The molecule has 0 amide bonds. The number of benzene rings is 1. The summed E-state index contributed by atoms with van der Waals surface area (Å²) >= 11 is 0. The van der Waals surface area contributed by atoms with Gasteiger partial charge in [-0.2, -0.15) is 13.2 Å². The lowest BCUT2D eigenvalue weighted by Crippen LogP contribution is -2.07. The topological polar surface area (TPSA) is 4.93 Å². The Labute approximate surface area is 97.5 Å². The maximum Gasteiger partial charge on any atom is 0.416 e. The van der Waals surface area contributed by atoms with Crippen molar-refractivity contribution in [2.45, 2.75) is 19.1 Å². The van der Waals surface area contributed by atoms with E-state index in [1.165, 1.54) is 12.1 Å². The van der Waals surface area contributed by atoms with Crippen LogP contribution in [0.2, 0.25) is 0 Å². The molecule has 90 valence electrons. The number of rotatable bonds is 2. The van der Waals surface area contributed by atoms with Gasteiger partial charge in [-0.25, -0.2) is 0 Å². The van der Waals surface area contributed by atoms with Gasteiger partial charge in [0, 0.05) is 12.4 Å². The molecule has 0 aliphatic heterocycles. The molecule has 17 heavy (non-hydrogen) atoms. The zero-order valence-electron chi connectivity index (χ0n) is 9.28. The lowest BCUT2D eigenvalue weighted by Gasteiger charge is -2.15. The molecule has 0 aliphatic rings. The smallest absolute Gasteiger partial charge is 0.347 e. The fourth-order valence-corrected chi connectivity index (χ4v) is 1.73. The molecule has 0 saturated carbocycles. The predicted molar refractivity (Wildman–Crippen MR) is 59.7 cm³/mol. The van der Waals surface area contributed by atoms with Crippen LogP contribution >= 0.6 is 0 Å². The first-order valence-corrected chi connectivity index (χ1v) is 5.28. The summed E-state index contributed by atoms with van der Waals surface area (Å²) in [4.78, 5) is 0. The Hall–Kier alpha value is -1.71. The number of nitrogens with zero attached hydrogens (tertiary/aromatic N) is 1. The van der Waals surface area contributed by atoms with Crippen molar-refractivity contribution < 1.29 is 13.2 Å². The van der Waals surface area contributed by atoms with Crippen molar-refractivity contribution in [3.8, 4) is 0 Å². The molecular weight excluding hydrogens is 227 g/mol. The van der Waals surface area contributed by atoms with Crippen LogP contribution in [0.5, 0.6) is 0 Å². The van der Waals surface area contributed by atoms with Gasteiger partial charge in [0.1, 0.15) is 0 Å². The molecule has 0 unspecified atom stereocenters. The third-order valence-corrected chi connectivity index (χ3v) is 2.80. The molecule has 1 nitrogen and oxygen atoms in total. The number of alkyl halides is 3. The van der Waals surface area contributed by atoms with Crippen molar-refractivity contribution in [2.24, 2.45) is 0 Å². The van der Waals surface area contributed by atoms with Crippen molar-refractivity contribution in [3.05, 3.63) is 59.9 Å². The minimum atomic E-state index is -4.27. The molecule has 1 atom stereocenters. The van der Waals surface area contributed by atoms with Crippen LogP contribution in [0.1, 0.15) is 24.1 Å². The van der Waals surface area contributed by atoms with Gasteiger partial charge in [0.25, 0.3) is 0 Å². The molecule has 0 aliphatic carbocycles. The summed E-state index contributed by atoms with van der Waals surface area (Å²) < 4.78 is 39.1. The third kappa shape index (κ3) is 2.52. The van der Waals surface area contributed by atoms with Gasteiger partial charge in [0.2, 0.25) is 0 Å². The summed E-state index contributed by atoms with van der Waals surface area (Å²) in [6, 6.07) is 9.10. The van der Waals surface area contributed by atoms with Crippen LogP contribution in [0.15, 0.2) is 48.8 Å². The second-order valence-corrected chi connectivity index (χ2v) is 3.93. The second kappa shape index (κ2) is 4.28. The Morgan fingerprint density at radius 2 is 1.53 bits per heavy atom. The van der Waals surface area contributed by atoms with Crippen molar-refractivity contribution in [1.82, 2.24) is 4.57 Å². The maximum atomic E-state index is 12.4. The van der Waals surface area contributed by atoms with E-state index in [4.69, 9.17) is 0 Å². The summed E-state index contributed by atoms with van der Waals surface area (Å²) in [5, 5.41) is 0.